The van der Waals surface area contributed by atoms with E-state index in [9.17, 15) is 4.79 Å². The molecule has 0 amide bonds. The lowest BCUT2D eigenvalue weighted by atomic mass is 10.1. The van der Waals surface area contributed by atoms with Gasteiger partial charge in [-0.2, -0.15) is 10.2 Å². The van der Waals surface area contributed by atoms with Gasteiger partial charge in [-0.15, -0.1) is 5.10 Å². The average Bonchev–Trinajstić information content (AvgIpc) is 2.78. The Morgan fingerprint density at radius 3 is 2.60 bits per heavy atom. The van der Waals surface area contributed by atoms with Crippen molar-refractivity contribution in [2.75, 3.05) is 0 Å². The van der Waals surface area contributed by atoms with Crippen molar-refractivity contribution in [2.45, 2.75) is 0 Å². The van der Waals surface area contributed by atoms with E-state index in [-0.39, 0.29) is 5.82 Å². The van der Waals surface area contributed by atoms with Crippen LogP contribution in [0, 0.1) is 11.3 Å². The van der Waals surface area contributed by atoms with Crippen LogP contribution < -0.4 is 0 Å². The van der Waals surface area contributed by atoms with Crippen LogP contribution in [0.15, 0.2) is 24.3 Å². The summed E-state index contributed by atoms with van der Waals surface area (Å²) in [6.45, 7) is 0. The summed E-state index contributed by atoms with van der Waals surface area (Å²) in [7, 11) is 0. The molecule has 0 saturated heterocycles. The predicted octanol–water partition coefficient (Wildman–Crippen LogP) is 1.16. The third kappa shape index (κ3) is 1.74. The first-order valence-electron chi connectivity index (χ1n) is 4.21. The molecule has 0 saturated carbocycles. The van der Waals surface area contributed by atoms with Crippen LogP contribution in [0.3, 0.4) is 0 Å². The van der Waals surface area contributed by atoms with Crippen LogP contribution in [-0.4, -0.2) is 21.5 Å². The highest BCUT2D eigenvalue weighted by Crippen LogP contribution is 2.14. The number of nitrogens with one attached hydrogen (secondary N) is 1. The van der Waals surface area contributed by atoms with Crippen molar-refractivity contribution in [1.29, 1.82) is 5.26 Å². The molecule has 2 rings (SSSR count). The minimum absolute atomic E-state index is 0.101. The van der Waals surface area contributed by atoms with Crippen molar-refractivity contribution < 1.29 is 4.79 Å². The van der Waals surface area contributed by atoms with Crippen LogP contribution >= 0.6 is 0 Å². The van der Waals surface area contributed by atoms with E-state index in [1.165, 1.54) is 0 Å². The first kappa shape index (κ1) is 9.09. The lowest BCUT2D eigenvalue weighted by Gasteiger charge is -1.94. The van der Waals surface area contributed by atoms with Crippen LogP contribution in [0.1, 0.15) is 16.2 Å². The van der Waals surface area contributed by atoms with Crippen molar-refractivity contribution in [3.05, 3.63) is 35.7 Å². The number of rotatable bonds is 2. The van der Waals surface area contributed by atoms with E-state index in [2.05, 4.69) is 15.2 Å². The second-order valence-corrected chi connectivity index (χ2v) is 2.86. The number of benzene rings is 1. The van der Waals surface area contributed by atoms with Gasteiger partial charge in [-0.1, -0.05) is 24.3 Å². The van der Waals surface area contributed by atoms with Crippen molar-refractivity contribution in [1.82, 2.24) is 15.2 Å². The van der Waals surface area contributed by atoms with E-state index in [0.717, 1.165) is 11.8 Å². The number of nitriles is 1. The molecule has 5 heteroatoms. The number of carbonyl (C=O) groups is 1. The quantitative estimate of drug-likeness (QED) is 0.734. The Kier molecular flexibility index (Phi) is 2.25. The van der Waals surface area contributed by atoms with E-state index < -0.39 is 0 Å². The van der Waals surface area contributed by atoms with E-state index >= 15 is 0 Å². The van der Waals surface area contributed by atoms with Gasteiger partial charge in [-0.05, 0) is 0 Å². The fraction of sp³-hybridized carbons (Fsp3) is 0. The summed E-state index contributed by atoms with van der Waals surface area (Å²) in [4.78, 5) is 14.4. The highest BCUT2D eigenvalue weighted by atomic mass is 16.1. The van der Waals surface area contributed by atoms with Gasteiger partial charge >= 0.3 is 0 Å². The van der Waals surface area contributed by atoms with E-state index in [0.29, 0.717) is 11.4 Å². The Balaban J connectivity index is 2.37. The maximum absolute atomic E-state index is 10.4. The van der Waals surface area contributed by atoms with Crippen molar-refractivity contribution in [2.24, 2.45) is 0 Å². The monoisotopic (exact) mass is 198 g/mol. The highest BCUT2D eigenvalue weighted by molar-refractivity contribution is 5.76. The molecule has 1 heterocycles. The second kappa shape index (κ2) is 3.72. The standard InChI is InChI=1S/C10H6N4O/c11-5-9-12-10(14-13-9)8-3-1-7(6-15)2-4-8/h1-4,6H,(H,12,13,14). The molecule has 0 spiro atoms. The number of aromatic amines is 1. The van der Waals surface area contributed by atoms with Gasteiger partial charge in [0.05, 0.1) is 0 Å². The van der Waals surface area contributed by atoms with Crippen LogP contribution in [0.5, 0.6) is 0 Å². The molecule has 1 aromatic carbocycles. The zero-order valence-corrected chi connectivity index (χ0v) is 7.64. The van der Waals surface area contributed by atoms with Gasteiger partial charge in [0.15, 0.2) is 5.82 Å². The fourth-order valence-electron chi connectivity index (χ4n) is 1.16. The molecule has 1 N–H and O–H groups in total. The van der Waals surface area contributed by atoms with Crippen molar-refractivity contribution in [3.8, 4) is 17.5 Å². The van der Waals surface area contributed by atoms with Gasteiger partial charge in [0.25, 0.3) is 5.82 Å². The smallest absolute Gasteiger partial charge is 0.252 e. The number of carbonyl (C=O) groups excluding carboxylic acids is 1. The molecule has 0 aliphatic rings. The number of hydrogen-bond acceptors (Lipinski definition) is 4. The lowest BCUT2D eigenvalue weighted by molar-refractivity contribution is 0.112. The maximum Gasteiger partial charge on any atom is 0.252 e. The summed E-state index contributed by atoms with van der Waals surface area (Å²) in [5.74, 6) is 0.619. The molecule has 72 valence electrons. The summed E-state index contributed by atoms with van der Waals surface area (Å²) >= 11 is 0. The molecule has 0 fully saturated rings. The Morgan fingerprint density at radius 1 is 1.33 bits per heavy atom. The topological polar surface area (TPSA) is 82.4 Å². The fourth-order valence-corrected chi connectivity index (χ4v) is 1.16. The van der Waals surface area contributed by atoms with Gasteiger partial charge in [-0.3, -0.25) is 9.89 Å². The predicted molar refractivity (Wildman–Crippen MR) is 51.9 cm³/mol. The van der Waals surface area contributed by atoms with Gasteiger partial charge in [0.1, 0.15) is 12.4 Å². The summed E-state index contributed by atoms with van der Waals surface area (Å²) in [5, 5.41) is 14.9. The number of hydrogen-bond donors (Lipinski definition) is 1. The van der Waals surface area contributed by atoms with E-state index in [1.807, 2.05) is 6.07 Å². The number of aromatic nitrogens is 3. The summed E-state index contributed by atoms with van der Waals surface area (Å²) in [6, 6.07) is 8.67. The van der Waals surface area contributed by atoms with Crippen LogP contribution in [0.25, 0.3) is 11.4 Å². The van der Waals surface area contributed by atoms with Gasteiger partial charge < -0.3 is 0 Å². The van der Waals surface area contributed by atoms with E-state index in [1.54, 1.807) is 24.3 Å². The minimum atomic E-state index is 0.101. The molecule has 1 aromatic heterocycles. The van der Waals surface area contributed by atoms with E-state index in [4.69, 9.17) is 5.26 Å². The van der Waals surface area contributed by atoms with Crippen molar-refractivity contribution in [3.63, 3.8) is 0 Å². The molecule has 15 heavy (non-hydrogen) atoms. The lowest BCUT2D eigenvalue weighted by Crippen LogP contribution is -1.83. The number of aldehydes is 1. The molecule has 5 nitrogen and oxygen atoms in total. The Hall–Kier alpha value is -2.48. The zero-order chi connectivity index (χ0) is 10.7. The zero-order valence-electron chi connectivity index (χ0n) is 7.64. The summed E-state index contributed by atoms with van der Waals surface area (Å²) in [6.07, 6.45) is 0.769. The summed E-state index contributed by atoms with van der Waals surface area (Å²) in [5.41, 5.74) is 1.38. The highest BCUT2D eigenvalue weighted by Gasteiger charge is 2.04. The normalized spacial score (nSPS) is 9.53. The molecule has 0 aliphatic heterocycles. The Labute approximate surface area is 85.4 Å². The van der Waals surface area contributed by atoms with Gasteiger partial charge in [0.2, 0.25) is 0 Å². The van der Waals surface area contributed by atoms with Crippen molar-refractivity contribution >= 4 is 6.29 Å². The third-order valence-corrected chi connectivity index (χ3v) is 1.91. The van der Waals surface area contributed by atoms with Crippen LogP contribution in [0.4, 0.5) is 0 Å². The molecule has 0 radical (unpaired) electrons. The van der Waals surface area contributed by atoms with Crippen LogP contribution in [-0.2, 0) is 0 Å². The third-order valence-electron chi connectivity index (χ3n) is 1.91. The minimum Gasteiger partial charge on any atom is -0.298 e. The molecule has 0 atom stereocenters. The molecule has 0 bridgehead atoms. The summed E-state index contributed by atoms with van der Waals surface area (Å²) < 4.78 is 0. The van der Waals surface area contributed by atoms with Gasteiger partial charge in [-0.25, -0.2) is 0 Å². The average molecular weight is 198 g/mol. The SMILES string of the molecule is N#Cc1n[nH]c(-c2ccc(C=O)cc2)n1. The molecule has 0 aliphatic carbocycles. The first-order chi connectivity index (χ1) is 7.33. The maximum atomic E-state index is 10.4. The number of nitrogens with zero attached hydrogens (tertiary/aromatic N) is 3. The molecule has 2 aromatic rings. The first-order valence-corrected chi connectivity index (χ1v) is 4.21. The van der Waals surface area contributed by atoms with Crippen LogP contribution in [0.2, 0.25) is 0 Å². The molecular weight excluding hydrogens is 192 g/mol. The Morgan fingerprint density at radius 2 is 2.07 bits per heavy atom. The molecule has 0 unspecified atom stereocenters. The largest absolute Gasteiger partial charge is 0.298 e. The Bertz CT molecular complexity index is 521. The molecular formula is C10H6N4O. The number of H-pyrrole nitrogens is 1. The second-order valence-electron chi connectivity index (χ2n) is 2.86. The van der Waals surface area contributed by atoms with Gasteiger partial charge in [0, 0.05) is 11.1 Å².